The van der Waals surface area contributed by atoms with Gasteiger partial charge in [-0.2, -0.15) is 9.67 Å². The molecular formula is C26H25N7O3. The summed E-state index contributed by atoms with van der Waals surface area (Å²) >= 11 is 0. The summed E-state index contributed by atoms with van der Waals surface area (Å²) in [6.45, 7) is 0.473. The summed E-state index contributed by atoms with van der Waals surface area (Å²) in [5, 5.41) is 17.2. The second-order valence-corrected chi connectivity index (χ2v) is 7.89. The van der Waals surface area contributed by atoms with Crippen molar-refractivity contribution >= 4 is 10.9 Å². The van der Waals surface area contributed by atoms with Crippen LogP contribution in [0.15, 0.2) is 72.8 Å². The number of fused-ring (bicyclic) bond motifs is 1. The number of nitrogens with one attached hydrogen (secondary N) is 1. The zero-order valence-electron chi connectivity index (χ0n) is 20.1. The van der Waals surface area contributed by atoms with Gasteiger partial charge in [0.05, 0.1) is 32.5 Å². The molecule has 0 saturated heterocycles. The van der Waals surface area contributed by atoms with Crippen molar-refractivity contribution in [3.8, 4) is 23.3 Å². The second-order valence-electron chi connectivity index (χ2n) is 7.89. The van der Waals surface area contributed by atoms with Crippen LogP contribution < -0.4 is 19.5 Å². The van der Waals surface area contributed by atoms with Crippen LogP contribution in [0.2, 0.25) is 0 Å². The van der Waals surface area contributed by atoms with Gasteiger partial charge in [-0.25, -0.2) is 4.98 Å². The van der Waals surface area contributed by atoms with Crippen LogP contribution in [0.3, 0.4) is 0 Å². The number of pyridine rings is 2. The van der Waals surface area contributed by atoms with Gasteiger partial charge in [0.15, 0.2) is 5.82 Å². The third-order valence-electron chi connectivity index (χ3n) is 5.81. The number of aromatic nitrogens is 6. The van der Waals surface area contributed by atoms with Crippen molar-refractivity contribution in [2.45, 2.75) is 12.6 Å². The molecule has 36 heavy (non-hydrogen) atoms. The number of rotatable bonds is 9. The van der Waals surface area contributed by atoms with Gasteiger partial charge in [0, 0.05) is 29.6 Å². The Balaban J connectivity index is 1.60. The quantitative estimate of drug-likeness (QED) is 0.337. The molecule has 3 aromatic heterocycles. The smallest absolute Gasteiger partial charge is 0.221 e. The molecule has 0 aliphatic carbocycles. The van der Waals surface area contributed by atoms with Crippen molar-refractivity contribution < 1.29 is 14.2 Å². The molecule has 0 aliphatic rings. The van der Waals surface area contributed by atoms with E-state index >= 15 is 0 Å². The normalized spacial score (nSPS) is 11.9. The van der Waals surface area contributed by atoms with Gasteiger partial charge in [-0.1, -0.05) is 36.4 Å². The summed E-state index contributed by atoms with van der Waals surface area (Å²) in [6.07, 6.45) is 0. The first-order chi connectivity index (χ1) is 17.7. The molecule has 1 unspecified atom stereocenters. The Morgan fingerprint density at radius 2 is 1.61 bits per heavy atom. The van der Waals surface area contributed by atoms with Gasteiger partial charge in [0.25, 0.3) is 0 Å². The number of hydrogen-bond donors (Lipinski definition) is 1. The van der Waals surface area contributed by atoms with Gasteiger partial charge in [-0.05, 0) is 40.3 Å². The highest BCUT2D eigenvalue weighted by Gasteiger charge is 2.26. The first-order valence-corrected chi connectivity index (χ1v) is 11.3. The molecule has 5 rings (SSSR count). The van der Waals surface area contributed by atoms with Gasteiger partial charge >= 0.3 is 0 Å². The van der Waals surface area contributed by atoms with Crippen molar-refractivity contribution in [2.75, 3.05) is 21.3 Å². The molecule has 2 aromatic carbocycles. The monoisotopic (exact) mass is 483 g/mol. The molecule has 0 saturated carbocycles. The Bertz CT molecular complexity index is 1470. The fraction of sp³-hybridized carbons (Fsp3) is 0.192. The van der Waals surface area contributed by atoms with Crippen LogP contribution in [0.4, 0.5) is 0 Å². The highest BCUT2D eigenvalue weighted by atomic mass is 16.5. The van der Waals surface area contributed by atoms with Crippen LogP contribution in [0.1, 0.15) is 23.0 Å². The van der Waals surface area contributed by atoms with Gasteiger partial charge < -0.3 is 14.2 Å². The molecule has 0 aliphatic heterocycles. The minimum atomic E-state index is -0.466. The molecule has 0 bridgehead atoms. The van der Waals surface area contributed by atoms with Gasteiger partial charge in [-0.3, -0.25) is 5.32 Å². The van der Waals surface area contributed by atoms with Crippen LogP contribution in [-0.4, -0.2) is 51.5 Å². The maximum Gasteiger partial charge on any atom is 0.221 e. The first kappa shape index (κ1) is 23.2. The topological polar surface area (TPSA) is 109 Å². The number of hydrogen-bond acceptors (Lipinski definition) is 9. The van der Waals surface area contributed by atoms with Crippen LogP contribution >= 0.6 is 0 Å². The largest absolute Gasteiger partial charge is 0.481 e. The lowest BCUT2D eigenvalue weighted by Gasteiger charge is -2.21. The minimum Gasteiger partial charge on any atom is -0.481 e. The molecule has 0 amide bonds. The first-order valence-electron chi connectivity index (χ1n) is 11.3. The number of methoxy groups -OCH3 is 3. The number of benzene rings is 2. The summed E-state index contributed by atoms with van der Waals surface area (Å²) in [6, 6.07) is 22.8. The van der Waals surface area contributed by atoms with Crippen LogP contribution in [0.25, 0.3) is 16.6 Å². The van der Waals surface area contributed by atoms with Crippen LogP contribution in [0.5, 0.6) is 17.6 Å². The fourth-order valence-electron chi connectivity index (χ4n) is 4.08. The van der Waals surface area contributed by atoms with E-state index in [2.05, 4.69) is 30.8 Å². The molecular weight excluding hydrogens is 458 g/mol. The molecule has 3 heterocycles. The number of nitrogens with zero attached hydrogens (tertiary/aromatic N) is 6. The van der Waals surface area contributed by atoms with E-state index in [1.54, 1.807) is 32.1 Å². The third-order valence-corrected chi connectivity index (χ3v) is 5.81. The molecule has 1 atom stereocenters. The molecule has 182 valence electrons. The second kappa shape index (κ2) is 10.4. The van der Waals surface area contributed by atoms with Gasteiger partial charge in [0.2, 0.25) is 17.6 Å². The lowest BCUT2D eigenvalue weighted by molar-refractivity contribution is 0.356. The maximum atomic E-state index is 5.63. The molecule has 1 N–H and O–H groups in total. The van der Waals surface area contributed by atoms with E-state index in [1.807, 2.05) is 66.7 Å². The highest BCUT2D eigenvalue weighted by Crippen LogP contribution is 2.31. The molecule has 0 radical (unpaired) electrons. The van der Waals surface area contributed by atoms with E-state index < -0.39 is 6.04 Å². The fourth-order valence-corrected chi connectivity index (χ4v) is 4.08. The summed E-state index contributed by atoms with van der Waals surface area (Å²) in [4.78, 5) is 9.04. The van der Waals surface area contributed by atoms with E-state index in [9.17, 15) is 0 Å². The molecule has 0 fully saturated rings. The van der Waals surface area contributed by atoms with E-state index in [0.29, 0.717) is 30.0 Å². The summed E-state index contributed by atoms with van der Waals surface area (Å²) in [5.41, 5.74) is 3.46. The number of ether oxygens (including phenoxy) is 3. The summed E-state index contributed by atoms with van der Waals surface area (Å²) < 4.78 is 18.1. The third kappa shape index (κ3) is 4.53. The Hall–Kier alpha value is -4.57. The standard InChI is InChI=1S/C26H25N7O3/c1-34-22-14-13-20(26(29-22)36-3)24(25-30-31-32-33(25)18-9-5-4-6-10-18)27-16-17-15-23(35-2)28-21-12-8-7-11-19(17)21/h4-15,24,27H,16H2,1-3H3. The predicted octanol–water partition coefficient (Wildman–Crippen LogP) is 3.51. The van der Waals surface area contributed by atoms with Crippen molar-refractivity contribution in [3.63, 3.8) is 0 Å². The zero-order chi connectivity index (χ0) is 24.9. The molecule has 0 spiro atoms. The Morgan fingerprint density at radius 3 is 2.39 bits per heavy atom. The highest BCUT2D eigenvalue weighted by molar-refractivity contribution is 5.82. The predicted molar refractivity (Wildman–Crippen MR) is 133 cm³/mol. The SMILES string of the molecule is COc1ccc(C(NCc2cc(OC)nc3ccccc23)c2nnnn2-c2ccccc2)c(OC)n1. The van der Waals surface area contributed by atoms with Crippen LogP contribution in [0, 0.1) is 0 Å². The van der Waals surface area contributed by atoms with Crippen molar-refractivity contribution in [3.05, 3.63) is 89.7 Å². The van der Waals surface area contributed by atoms with Crippen molar-refractivity contribution in [1.29, 1.82) is 0 Å². The van der Waals surface area contributed by atoms with E-state index in [0.717, 1.165) is 27.7 Å². The molecule has 10 heteroatoms. The van der Waals surface area contributed by atoms with E-state index in [4.69, 9.17) is 14.2 Å². The van der Waals surface area contributed by atoms with Gasteiger partial charge in [-0.15, -0.1) is 5.10 Å². The zero-order valence-corrected chi connectivity index (χ0v) is 20.1. The van der Waals surface area contributed by atoms with E-state index in [-0.39, 0.29) is 0 Å². The van der Waals surface area contributed by atoms with E-state index in [1.165, 1.54) is 0 Å². The van der Waals surface area contributed by atoms with Crippen LogP contribution in [-0.2, 0) is 6.54 Å². The summed E-state index contributed by atoms with van der Waals surface area (Å²) in [5.74, 6) is 1.98. The Kier molecular flexibility index (Phi) is 6.67. The number of tetrazole rings is 1. The Morgan fingerprint density at radius 1 is 0.833 bits per heavy atom. The average molecular weight is 484 g/mol. The molecule has 10 nitrogen and oxygen atoms in total. The lowest BCUT2D eigenvalue weighted by atomic mass is 10.0. The number of para-hydroxylation sites is 2. The maximum absolute atomic E-state index is 5.63. The lowest BCUT2D eigenvalue weighted by Crippen LogP contribution is -2.26. The Labute approximate surface area is 207 Å². The van der Waals surface area contributed by atoms with Gasteiger partial charge in [0.1, 0.15) is 6.04 Å². The molecule has 5 aromatic rings. The average Bonchev–Trinajstić information content (AvgIpc) is 3.43. The summed E-state index contributed by atoms with van der Waals surface area (Å²) in [7, 11) is 4.75. The minimum absolute atomic E-state index is 0.409. The van der Waals surface area contributed by atoms with Crippen molar-refractivity contribution in [1.82, 2.24) is 35.5 Å². The van der Waals surface area contributed by atoms with Crippen molar-refractivity contribution in [2.24, 2.45) is 0 Å².